The summed E-state index contributed by atoms with van der Waals surface area (Å²) >= 11 is 0. The number of rotatable bonds is 7. The number of aliphatic hydroxyl groups excluding tert-OH is 2. The Bertz CT molecular complexity index is 1010. The summed E-state index contributed by atoms with van der Waals surface area (Å²) in [5, 5.41) is 21.3. The first-order valence-electron chi connectivity index (χ1n) is 8.90. The molecule has 0 aliphatic carbocycles. The van der Waals surface area contributed by atoms with Gasteiger partial charge in [-0.2, -0.15) is 0 Å². The molecule has 3 N–H and O–H groups in total. The number of aryl methyl sites for hydroxylation is 1. The summed E-state index contributed by atoms with van der Waals surface area (Å²) in [4.78, 5) is 21.1. The predicted molar refractivity (Wildman–Crippen MR) is 105 cm³/mol. The van der Waals surface area contributed by atoms with Crippen molar-refractivity contribution in [1.82, 2.24) is 9.97 Å². The van der Waals surface area contributed by atoms with Crippen LogP contribution in [0.2, 0.25) is 0 Å². The molecule has 1 atom stereocenters. The van der Waals surface area contributed by atoms with E-state index in [2.05, 4.69) is 15.3 Å². The first kappa shape index (κ1) is 20.4. The van der Waals surface area contributed by atoms with E-state index in [4.69, 9.17) is 9.84 Å². The zero-order valence-corrected chi connectivity index (χ0v) is 15.7. The number of anilines is 2. The third kappa shape index (κ3) is 5.34. The number of halogens is 1. The van der Waals surface area contributed by atoms with Gasteiger partial charge >= 0.3 is 5.97 Å². The molecule has 0 fully saturated rings. The molecule has 0 bridgehead atoms. The van der Waals surface area contributed by atoms with E-state index in [1.807, 2.05) is 0 Å². The molecule has 2 aromatic carbocycles. The molecule has 0 aliphatic rings. The second-order valence-electron chi connectivity index (χ2n) is 6.33. The van der Waals surface area contributed by atoms with Crippen molar-refractivity contribution in [3.8, 4) is 11.4 Å². The van der Waals surface area contributed by atoms with E-state index in [0.717, 1.165) is 0 Å². The summed E-state index contributed by atoms with van der Waals surface area (Å²) < 4.78 is 18.6. The monoisotopic (exact) mass is 397 g/mol. The largest absolute Gasteiger partial charge is 0.459 e. The van der Waals surface area contributed by atoms with Crippen LogP contribution < -0.4 is 5.32 Å². The van der Waals surface area contributed by atoms with Crippen molar-refractivity contribution in [3.05, 3.63) is 71.7 Å². The maximum Gasteiger partial charge on any atom is 0.340 e. The molecule has 3 aromatic rings. The standard InChI is InChI=1S/C21H20FN3O4/c1-13-9-19(25-20(23-13)14-5-4-6-15(22)10-14)24-18-8-3-2-7-17(18)21(28)29-12-16(27)11-26/h2-10,16,26-27H,11-12H2,1H3,(H,23,24,25). The van der Waals surface area contributed by atoms with Gasteiger partial charge in [-0.15, -0.1) is 0 Å². The van der Waals surface area contributed by atoms with Crippen LogP contribution in [0.5, 0.6) is 0 Å². The molecule has 3 rings (SSSR count). The lowest BCUT2D eigenvalue weighted by atomic mass is 10.1. The lowest BCUT2D eigenvalue weighted by Gasteiger charge is -2.13. The fourth-order valence-electron chi connectivity index (χ4n) is 2.60. The van der Waals surface area contributed by atoms with Crippen LogP contribution in [0.25, 0.3) is 11.4 Å². The topological polar surface area (TPSA) is 105 Å². The Labute approximate surface area is 166 Å². The molecule has 0 radical (unpaired) electrons. The van der Waals surface area contributed by atoms with Crippen LogP contribution in [0.15, 0.2) is 54.6 Å². The molecular formula is C21H20FN3O4. The van der Waals surface area contributed by atoms with E-state index in [1.165, 1.54) is 12.1 Å². The number of nitrogens with zero attached hydrogens (tertiary/aromatic N) is 2. The summed E-state index contributed by atoms with van der Waals surface area (Å²) in [6.45, 7) is 0.961. The Morgan fingerprint density at radius 1 is 1.17 bits per heavy atom. The van der Waals surface area contributed by atoms with Crippen molar-refractivity contribution in [2.24, 2.45) is 0 Å². The molecule has 0 amide bonds. The van der Waals surface area contributed by atoms with E-state index >= 15 is 0 Å². The van der Waals surface area contributed by atoms with Crippen LogP contribution in [0, 0.1) is 12.7 Å². The molecule has 0 saturated carbocycles. The number of esters is 1. The zero-order chi connectivity index (χ0) is 20.8. The predicted octanol–water partition coefficient (Wildman–Crippen LogP) is 2.84. The van der Waals surface area contributed by atoms with E-state index < -0.39 is 18.7 Å². The van der Waals surface area contributed by atoms with Gasteiger partial charge in [0.05, 0.1) is 17.9 Å². The molecule has 0 saturated heterocycles. The third-order valence-electron chi connectivity index (χ3n) is 3.96. The molecule has 1 aromatic heterocycles. The number of nitrogens with one attached hydrogen (secondary N) is 1. The van der Waals surface area contributed by atoms with Gasteiger partial charge in [0, 0.05) is 17.3 Å². The second kappa shape index (κ2) is 9.22. The number of hydrogen-bond acceptors (Lipinski definition) is 7. The molecule has 150 valence electrons. The molecule has 29 heavy (non-hydrogen) atoms. The SMILES string of the molecule is Cc1cc(Nc2ccccc2C(=O)OCC(O)CO)nc(-c2cccc(F)c2)n1. The van der Waals surface area contributed by atoms with Gasteiger partial charge in [0.1, 0.15) is 24.3 Å². The lowest BCUT2D eigenvalue weighted by molar-refractivity contribution is 0.00941. The fourth-order valence-corrected chi connectivity index (χ4v) is 2.60. The number of carbonyl (C=O) groups excluding carboxylic acids is 1. The van der Waals surface area contributed by atoms with E-state index in [9.17, 15) is 14.3 Å². The number of para-hydroxylation sites is 1. The quantitative estimate of drug-likeness (QED) is 0.527. The van der Waals surface area contributed by atoms with Gasteiger partial charge in [-0.3, -0.25) is 0 Å². The minimum absolute atomic E-state index is 0.237. The highest BCUT2D eigenvalue weighted by atomic mass is 19.1. The molecule has 1 heterocycles. The van der Waals surface area contributed by atoms with E-state index in [0.29, 0.717) is 28.6 Å². The number of hydrogen-bond donors (Lipinski definition) is 3. The Balaban J connectivity index is 1.86. The van der Waals surface area contributed by atoms with Gasteiger partial charge in [-0.05, 0) is 31.2 Å². The van der Waals surface area contributed by atoms with Crippen LogP contribution in [0.3, 0.4) is 0 Å². The van der Waals surface area contributed by atoms with Crippen LogP contribution >= 0.6 is 0 Å². The molecular weight excluding hydrogens is 377 g/mol. The van der Waals surface area contributed by atoms with Crippen molar-refractivity contribution in [3.63, 3.8) is 0 Å². The minimum atomic E-state index is -1.14. The Morgan fingerprint density at radius 2 is 1.97 bits per heavy atom. The highest BCUT2D eigenvalue weighted by Crippen LogP contribution is 2.24. The maximum absolute atomic E-state index is 13.5. The Hall–Kier alpha value is -3.36. The smallest absolute Gasteiger partial charge is 0.340 e. The summed E-state index contributed by atoms with van der Waals surface area (Å²) in [7, 11) is 0. The van der Waals surface area contributed by atoms with Crippen molar-refractivity contribution >= 4 is 17.5 Å². The highest BCUT2D eigenvalue weighted by Gasteiger charge is 2.15. The molecule has 0 spiro atoms. The number of aromatic nitrogens is 2. The van der Waals surface area contributed by atoms with Crippen LogP contribution in [0.4, 0.5) is 15.9 Å². The molecule has 0 aliphatic heterocycles. The summed E-state index contributed by atoms with van der Waals surface area (Å²) in [6, 6.07) is 14.3. The fraction of sp³-hybridized carbons (Fsp3) is 0.190. The summed E-state index contributed by atoms with van der Waals surface area (Å²) in [5.41, 5.74) is 1.87. The Morgan fingerprint density at radius 3 is 2.72 bits per heavy atom. The number of aliphatic hydroxyl groups is 2. The van der Waals surface area contributed by atoms with Crippen LogP contribution in [0.1, 0.15) is 16.1 Å². The van der Waals surface area contributed by atoms with Gasteiger partial charge in [0.2, 0.25) is 0 Å². The van der Waals surface area contributed by atoms with Gasteiger partial charge in [-0.1, -0.05) is 24.3 Å². The van der Waals surface area contributed by atoms with Gasteiger partial charge in [-0.25, -0.2) is 19.2 Å². The minimum Gasteiger partial charge on any atom is -0.459 e. The normalized spacial score (nSPS) is 11.7. The highest BCUT2D eigenvalue weighted by molar-refractivity contribution is 5.96. The van der Waals surface area contributed by atoms with Crippen molar-refractivity contribution in [2.45, 2.75) is 13.0 Å². The van der Waals surface area contributed by atoms with Gasteiger partial charge in [0.15, 0.2) is 5.82 Å². The van der Waals surface area contributed by atoms with E-state index in [-0.39, 0.29) is 18.0 Å². The van der Waals surface area contributed by atoms with E-state index in [1.54, 1.807) is 49.4 Å². The van der Waals surface area contributed by atoms with Crippen molar-refractivity contribution in [1.29, 1.82) is 0 Å². The summed E-state index contributed by atoms with van der Waals surface area (Å²) in [5.74, 6) is -0.275. The molecule has 8 heteroatoms. The average molecular weight is 397 g/mol. The van der Waals surface area contributed by atoms with Gasteiger partial charge in [0.25, 0.3) is 0 Å². The first-order chi connectivity index (χ1) is 14.0. The zero-order valence-electron chi connectivity index (χ0n) is 15.7. The van der Waals surface area contributed by atoms with Crippen molar-refractivity contribution in [2.75, 3.05) is 18.5 Å². The van der Waals surface area contributed by atoms with Crippen LogP contribution in [-0.4, -0.2) is 45.5 Å². The number of carbonyl (C=O) groups is 1. The molecule has 1 unspecified atom stereocenters. The number of ether oxygens (including phenoxy) is 1. The lowest BCUT2D eigenvalue weighted by Crippen LogP contribution is -2.22. The Kier molecular flexibility index (Phi) is 6.48. The van der Waals surface area contributed by atoms with Crippen molar-refractivity contribution < 1.29 is 24.1 Å². The third-order valence-corrected chi connectivity index (χ3v) is 3.96. The van der Waals surface area contributed by atoms with Crippen LogP contribution in [-0.2, 0) is 4.74 Å². The second-order valence-corrected chi connectivity index (χ2v) is 6.33. The first-order valence-corrected chi connectivity index (χ1v) is 8.90. The number of benzene rings is 2. The summed E-state index contributed by atoms with van der Waals surface area (Å²) in [6.07, 6.45) is -1.14. The molecule has 7 nitrogen and oxygen atoms in total. The average Bonchev–Trinajstić information content (AvgIpc) is 2.71. The van der Waals surface area contributed by atoms with Gasteiger partial charge < -0.3 is 20.3 Å². The maximum atomic E-state index is 13.5.